The van der Waals surface area contributed by atoms with Gasteiger partial charge in [0.1, 0.15) is 57.9 Å². The quantitative estimate of drug-likeness (QED) is 0.154. The van der Waals surface area contributed by atoms with Crippen molar-refractivity contribution in [2.75, 3.05) is 0 Å². The Morgan fingerprint density at radius 3 is 1.35 bits per heavy atom. The van der Waals surface area contributed by atoms with E-state index in [0.717, 1.165) is 12.1 Å². The van der Waals surface area contributed by atoms with E-state index in [-0.39, 0.29) is 29.7 Å². The maximum Gasteiger partial charge on any atom is 0.527 e. The molecular weight excluding hydrogens is 678 g/mol. The summed E-state index contributed by atoms with van der Waals surface area (Å²) in [7, 11) is 0. The third-order valence-electron chi connectivity index (χ3n) is 7.21. The minimum absolute atomic E-state index is 0.122. The highest BCUT2D eigenvalue weighted by Crippen LogP contribution is 2.42. The second-order valence-electron chi connectivity index (χ2n) is 10.5. The Morgan fingerprint density at radius 2 is 0.917 bits per heavy atom. The summed E-state index contributed by atoms with van der Waals surface area (Å²) in [6.07, 6.45) is -10.6. The van der Waals surface area contributed by atoms with E-state index in [1.165, 1.54) is 6.07 Å². The highest BCUT2D eigenvalue weighted by atomic mass is 19.4. The van der Waals surface area contributed by atoms with Gasteiger partial charge in [0.15, 0.2) is 0 Å². The van der Waals surface area contributed by atoms with Crippen LogP contribution in [0.3, 0.4) is 0 Å². The van der Waals surface area contributed by atoms with Crippen molar-refractivity contribution in [3.8, 4) is 33.4 Å². The summed E-state index contributed by atoms with van der Waals surface area (Å²) in [5, 5.41) is -0.813. The van der Waals surface area contributed by atoms with E-state index < -0.39 is 109 Å². The van der Waals surface area contributed by atoms with E-state index in [4.69, 9.17) is 0 Å². The molecule has 0 N–H and O–H groups in total. The molecule has 0 unspecified atom stereocenters. The van der Waals surface area contributed by atoms with Crippen LogP contribution in [0.2, 0.25) is 0 Å². The fourth-order valence-corrected chi connectivity index (χ4v) is 5.35. The average molecular weight is 694 g/mol. The Balaban J connectivity index is 1.56. The van der Waals surface area contributed by atoms with E-state index in [1.54, 1.807) is 6.92 Å². The number of hydrogen-bond acceptors (Lipinski definition) is 1. The van der Waals surface area contributed by atoms with Crippen molar-refractivity contribution in [1.82, 2.24) is 0 Å². The smallest absolute Gasteiger partial charge is 0.222 e. The van der Waals surface area contributed by atoms with Gasteiger partial charge in [-0.1, -0.05) is 19.4 Å². The molecule has 252 valence electrons. The third-order valence-corrected chi connectivity index (χ3v) is 7.21. The summed E-state index contributed by atoms with van der Waals surface area (Å²) in [6.45, 7) is 1.80. The Hall–Kier alpha value is -4.66. The number of rotatable bonds is 7. The molecule has 0 fully saturated rings. The molecule has 0 saturated heterocycles. The molecule has 1 nitrogen and oxygen atoms in total. The summed E-state index contributed by atoms with van der Waals surface area (Å²) in [4.78, 5) is 0. The van der Waals surface area contributed by atoms with Crippen molar-refractivity contribution in [3.05, 3.63) is 118 Å². The zero-order valence-corrected chi connectivity index (χ0v) is 23.8. The second-order valence-corrected chi connectivity index (χ2v) is 10.5. The van der Waals surface area contributed by atoms with Gasteiger partial charge >= 0.3 is 12.5 Å². The largest absolute Gasteiger partial charge is 0.527 e. The number of ether oxygens (including phenoxy) is 1. The van der Waals surface area contributed by atoms with E-state index in [0.29, 0.717) is 30.5 Å². The van der Waals surface area contributed by atoms with Crippen molar-refractivity contribution < 1.29 is 66.2 Å². The lowest BCUT2D eigenvalue weighted by atomic mass is 9.93. The summed E-state index contributed by atoms with van der Waals surface area (Å²) >= 11 is 0. The molecule has 0 aromatic heterocycles. The fourth-order valence-electron chi connectivity index (χ4n) is 5.35. The normalized spacial score (nSPS) is 12.3. The van der Waals surface area contributed by atoms with Crippen LogP contribution in [0.4, 0.5) is 61.5 Å². The zero-order valence-electron chi connectivity index (χ0n) is 23.8. The highest BCUT2D eigenvalue weighted by Gasteiger charge is 2.49. The van der Waals surface area contributed by atoms with Gasteiger partial charge in [-0.2, -0.15) is 8.78 Å². The van der Waals surface area contributed by atoms with Crippen molar-refractivity contribution in [1.29, 1.82) is 0 Å². The van der Waals surface area contributed by atoms with Crippen LogP contribution < -0.4 is 0 Å². The van der Waals surface area contributed by atoms with Gasteiger partial charge in [0.25, 0.3) is 0 Å². The molecule has 15 heteroatoms. The average Bonchev–Trinajstić information content (AvgIpc) is 2.90. The van der Waals surface area contributed by atoms with E-state index in [2.05, 4.69) is 4.74 Å². The molecular formula is C33H16F14O. The summed E-state index contributed by atoms with van der Waals surface area (Å²) < 4.78 is 202. The molecule has 48 heavy (non-hydrogen) atoms. The fraction of sp³-hybridized carbons (Fsp3) is 0.152. The Bertz CT molecular complexity index is 2020. The predicted octanol–water partition coefficient (Wildman–Crippen LogP) is 11.6. The Labute approximate surface area is 261 Å². The van der Waals surface area contributed by atoms with Crippen LogP contribution in [0.1, 0.15) is 24.5 Å². The lowest BCUT2D eigenvalue weighted by Crippen LogP contribution is -2.29. The molecule has 0 aliphatic heterocycles. The standard InChI is InChI=1S/C33H16F14O/c1-2-3-13-4-14-6-23(39)29(31(42)28(14)18(34)5-13)17-9-21(37)26(22(38)10-17)15-7-19(35)27(20(36)8-15)16-11-24(40)30(25(41)12-16)32(43,44)48-33(45,46)47/h4-12H,2-3H2,1H3. The number of fused-ring (bicyclic) bond motifs is 1. The summed E-state index contributed by atoms with van der Waals surface area (Å²) in [5.74, 6) is -15.4. The number of aryl methyl sites for hydroxylation is 1. The Kier molecular flexibility index (Phi) is 8.97. The minimum Gasteiger partial charge on any atom is -0.222 e. The van der Waals surface area contributed by atoms with Crippen LogP contribution >= 0.6 is 0 Å². The SMILES string of the molecule is CCCc1cc(F)c2c(F)c(-c3cc(F)c(-c4cc(F)c(-c5cc(F)c(C(F)(F)OC(F)(F)F)c(F)c5)c(F)c4)c(F)c3)c(F)cc2c1. The van der Waals surface area contributed by atoms with Crippen molar-refractivity contribution in [3.63, 3.8) is 0 Å². The minimum atomic E-state index is -6.04. The van der Waals surface area contributed by atoms with Crippen LogP contribution in [0.5, 0.6) is 0 Å². The molecule has 0 heterocycles. The first-order valence-electron chi connectivity index (χ1n) is 13.6. The summed E-state index contributed by atoms with van der Waals surface area (Å²) in [6, 6.07) is 4.26. The number of halogens is 14. The van der Waals surface area contributed by atoms with Crippen molar-refractivity contribution in [2.24, 2.45) is 0 Å². The number of hydrogen-bond donors (Lipinski definition) is 0. The molecule has 0 aliphatic carbocycles. The first kappa shape index (κ1) is 34.7. The first-order chi connectivity index (χ1) is 22.3. The number of benzene rings is 5. The van der Waals surface area contributed by atoms with Gasteiger partial charge < -0.3 is 0 Å². The van der Waals surface area contributed by atoms with Gasteiger partial charge in [-0.05, 0) is 82.6 Å². The van der Waals surface area contributed by atoms with Crippen LogP contribution in [0, 0.1) is 52.4 Å². The number of alkyl halides is 5. The van der Waals surface area contributed by atoms with Gasteiger partial charge in [-0.15, -0.1) is 13.2 Å². The molecule has 5 aromatic rings. The third kappa shape index (κ3) is 6.42. The molecule has 0 aliphatic rings. The second kappa shape index (κ2) is 12.4. The topological polar surface area (TPSA) is 9.23 Å². The van der Waals surface area contributed by atoms with E-state index >= 15 is 26.3 Å². The van der Waals surface area contributed by atoms with Gasteiger partial charge in [0, 0.05) is 0 Å². The molecule has 0 spiro atoms. The molecule has 0 atom stereocenters. The molecule has 0 saturated carbocycles. The van der Waals surface area contributed by atoms with Gasteiger partial charge in [-0.3, -0.25) is 0 Å². The van der Waals surface area contributed by atoms with Gasteiger partial charge in [0.2, 0.25) is 0 Å². The van der Waals surface area contributed by atoms with E-state index in [1.807, 2.05) is 0 Å². The monoisotopic (exact) mass is 694 g/mol. The van der Waals surface area contributed by atoms with Crippen LogP contribution in [-0.2, 0) is 17.3 Å². The van der Waals surface area contributed by atoms with Gasteiger partial charge in [0.05, 0.1) is 22.1 Å². The summed E-state index contributed by atoms with van der Waals surface area (Å²) in [5.41, 5.74) is -8.32. The molecule has 0 bridgehead atoms. The highest BCUT2D eigenvalue weighted by molar-refractivity contribution is 5.90. The lowest BCUT2D eigenvalue weighted by Gasteiger charge is -2.20. The lowest BCUT2D eigenvalue weighted by molar-refractivity contribution is -0.432. The van der Waals surface area contributed by atoms with Crippen LogP contribution in [0.25, 0.3) is 44.2 Å². The zero-order chi connectivity index (χ0) is 35.5. The molecule has 0 radical (unpaired) electrons. The van der Waals surface area contributed by atoms with E-state index in [9.17, 15) is 35.1 Å². The van der Waals surface area contributed by atoms with Crippen molar-refractivity contribution >= 4 is 10.8 Å². The maximum atomic E-state index is 15.4. The van der Waals surface area contributed by atoms with Gasteiger partial charge in [-0.25, -0.2) is 44.3 Å². The molecule has 0 amide bonds. The first-order valence-corrected chi connectivity index (χ1v) is 13.6. The molecule has 5 rings (SSSR count). The Morgan fingerprint density at radius 1 is 0.500 bits per heavy atom. The maximum absolute atomic E-state index is 15.4. The van der Waals surface area contributed by atoms with Crippen molar-refractivity contribution in [2.45, 2.75) is 32.2 Å². The van der Waals surface area contributed by atoms with Crippen LogP contribution in [0.15, 0.2) is 54.6 Å². The predicted molar refractivity (Wildman–Crippen MR) is 145 cm³/mol. The van der Waals surface area contributed by atoms with Crippen LogP contribution in [-0.4, -0.2) is 6.36 Å². The molecule has 5 aromatic carbocycles.